The molecule has 0 unspecified atom stereocenters. The first kappa shape index (κ1) is 14.6. The van der Waals surface area contributed by atoms with Crippen LogP contribution in [-0.2, 0) is 4.74 Å². The van der Waals surface area contributed by atoms with Gasteiger partial charge in [0, 0.05) is 19.0 Å². The molecule has 0 N–H and O–H groups in total. The normalized spacial score (nSPS) is 10.5. The summed E-state index contributed by atoms with van der Waals surface area (Å²) in [5.41, 5.74) is 0.297. The summed E-state index contributed by atoms with van der Waals surface area (Å²) in [6.07, 6.45) is 0. The highest BCUT2D eigenvalue weighted by molar-refractivity contribution is 7.11. The van der Waals surface area contributed by atoms with E-state index >= 15 is 0 Å². The maximum atomic E-state index is 12.0. The van der Waals surface area contributed by atoms with Crippen molar-refractivity contribution < 1.29 is 14.3 Å². The second-order valence-corrected chi connectivity index (χ2v) is 5.20. The SMILES string of the molecule is CCOC(=O)c1nc(C(=O)N(C)CC(C)C)cs1. The number of rotatable bonds is 5. The summed E-state index contributed by atoms with van der Waals surface area (Å²) in [6.45, 7) is 6.76. The lowest BCUT2D eigenvalue weighted by molar-refractivity contribution is 0.0526. The second-order valence-electron chi connectivity index (χ2n) is 4.34. The van der Waals surface area contributed by atoms with Crippen LogP contribution in [0.5, 0.6) is 0 Å². The molecule has 0 saturated carbocycles. The number of ether oxygens (including phenoxy) is 1. The maximum Gasteiger partial charge on any atom is 0.367 e. The van der Waals surface area contributed by atoms with Crippen LogP contribution in [0, 0.1) is 5.92 Å². The lowest BCUT2D eigenvalue weighted by atomic mass is 10.2. The minimum atomic E-state index is -0.479. The number of hydrogen-bond donors (Lipinski definition) is 0. The van der Waals surface area contributed by atoms with Crippen molar-refractivity contribution in [2.24, 2.45) is 5.92 Å². The largest absolute Gasteiger partial charge is 0.461 e. The monoisotopic (exact) mass is 270 g/mol. The molecule has 1 rings (SSSR count). The third-order valence-corrected chi connectivity index (χ3v) is 2.98. The Labute approximate surface area is 111 Å². The fourth-order valence-electron chi connectivity index (χ4n) is 1.48. The van der Waals surface area contributed by atoms with Crippen LogP contribution in [0.1, 0.15) is 41.1 Å². The van der Waals surface area contributed by atoms with E-state index in [4.69, 9.17) is 4.74 Å². The number of carbonyl (C=O) groups is 2. The van der Waals surface area contributed by atoms with E-state index in [9.17, 15) is 9.59 Å². The van der Waals surface area contributed by atoms with Gasteiger partial charge in [0.1, 0.15) is 5.69 Å². The molecule has 5 nitrogen and oxygen atoms in total. The lowest BCUT2D eigenvalue weighted by Gasteiger charge is -2.17. The van der Waals surface area contributed by atoms with Gasteiger partial charge < -0.3 is 9.64 Å². The van der Waals surface area contributed by atoms with Crippen LogP contribution in [0.25, 0.3) is 0 Å². The van der Waals surface area contributed by atoms with Crippen LogP contribution in [0.3, 0.4) is 0 Å². The van der Waals surface area contributed by atoms with Gasteiger partial charge in [-0.25, -0.2) is 9.78 Å². The number of aromatic nitrogens is 1. The van der Waals surface area contributed by atoms with Gasteiger partial charge in [-0.05, 0) is 12.8 Å². The molecule has 0 radical (unpaired) electrons. The molecule has 1 amide bonds. The summed E-state index contributed by atoms with van der Waals surface area (Å²) >= 11 is 1.13. The molecule has 0 aliphatic carbocycles. The molecule has 1 heterocycles. The summed E-state index contributed by atoms with van der Waals surface area (Å²) < 4.78 is 4.83. The minimum absolute atomic E-state index is 0.171. The first-order valence-corrected chi connectivity index (χ1v) is 6.71. The fourth-order valence-corrected chi connectivity index (χ4v) is 2.17. The summed E-state index contributed by atoms with van der Waals surface area (Å²) in [4.78, 5) is 29.0. The number of nitrogens with zero attached hydrogens (tertiary/aromatic N) is 2. The Morgan fingerprint density at radius 2 is 2.17 bits per heavy atom. The van der Waals surface area contributed by atoms with Gasteiger partial charge in [0.15, 0.2) is 0 Å². The number of hydrogen-bond acceptors (Lipinski definition) is 5. The first-order valence-electron chi connectivity index (χ1n) is 5.83. The lowest BCUT2D eigenvalue weighted by Crippen LogP contribution is -2.30. The van der Waals surface area contributed by atoms with Crippen molar-refractivity contribution >= 4 is 23.2 Å². The minimum Gasteiger partial charge on any atom is -0.461 e. The molecule has 1 aromatic heterocycles. The summed E-state index contributed by atoms with van der Waals surface area (Å²) in [7, 11) is 1.73. The highest BCUT2D eigenvalue weighted by Crippen LogP contribution is 2.13. The number of carbonyl (C=O) groups excluding carboxylic acids is 2. The summed E-state index contributed by atoms with van der Waals surface area (Å²) in [5, 5.41) is 1.81. The number of esters is 1. The van der Waals surface area contributed by atoms with E-state index in [1.54, 1.807) is 24.3 Å². The van der Waals surface area contributed by atoms with Crippen LogP contribution < -0.4 is 0 Å². The molecule has 0 fully saturated rings. The Kier molecular flexibility index (Phi) is 5.27. The molecular weight excluding hydrogens is 252 g/mol. The van der Waals surface area contributed by atoms with Gasteiger partial charge in [0.25, 0.3) is 5.91 Å². The van der Waals surface area contributed by atoms with Crippen LogP contribution in [-0.4, -0.2) is 42.0 Å². The van der Waals surface area contributed by atoms with Gasteiger partial charge >= 0.3 is 5.97 Å². The van der Waals surface area contributed by atoms with E-state index in [1.165, 1.54) is 0 Å². The van der Waals surface area contributed by atoms with Gasteiger partial charge in [-0.15, -0.1) is 11.3 Å². The van der Waals surface area contributed by atoms with Crippen molar-refractivity contribution in [3.8, 4) is 0 Å². The van der Waals surface area contributed by atoms with Crippen LogP contribution in [0.15, 0.2) is 5.38 Å². The van der Waals surface area contributed by atoms with Crippen molar-refractivity contribution in [2.45, 2.75) is 20.8 Å². The van der Waals surface area contributed by atoms with E-state index in [1.807, 2.05) is 13.8 Å². The second kappa shape index (κ2) is 6.49. The molecule has 0 bridgehead atoms. The van der Waals surface area contributed by atoms with E-state index in [0.29, 0.717) is 24.8 Å². The fraction of sp³-hybridized carbons (Fsp3) is 0.583. The van der Waals surface area contributed by atoms with Gasteiger partial charge in [-0.1, -0.05) is 13.8 Å². The van der Waals surface area contributed by atoms with Crippen LogP contribution >= 0.6 is 11.3 Å². The van der Waals surface area contributed by atoms with Crippen molar-refractivity contribution in [1.29, 1.82) is 0 Å². The average Bonchev–Trinajstić information content (AvgIpc) is 2.76. The molecule has 18 heavy (non-hydrogen) atoms. The summed E-state index contributed by atoms with van der Waals surface area (Å²) in [5.74, 6) is -0.259. The van der Waals surface area contributed by atoms with Crippen molar-refractivity contribution in [3.63, 3.8) is 0 Å². The predicted molar refractivity (Wildman–Crippen MR) is 69.9 cm³/mol. The zero-order valence-electron chi connectivity index (χ0n) is 11.1. The molecule has 100 valence electrons. The molecule has 0 spiro atoms. The predicted octanol–water partition coefficient (Wildman–Crippen LogP) is 2.05. The van der Waals surface area contributed by atoms with Gasteiger partial charge in [0.2, 0.25) is 5.01 Å². The highest BCUT2D eigenvalue weighted by atomic mass is 32.1. The van der Waals surface area contributed by atoms with E-state index in [0.717, 1.165) is 11.3 Å². The molecule has 0 aromatic carbocycles. The quantitative estimate of drug-likeness (QED) is 0.768. The molecule has 0 aliphatic rings. The molecule has 6 heteroatoms. The van der Waals surface area contributed by atoms with E-state index in [2.05, 4.69) is 4.98 Å². The molecule has 0 saturated heterocycles. The molecule has 1 aromatic rings. The van der Waals surface area contributed by atoms with Crippen molar-refractivity contribution in [3.05, 3.63) is 16.1 Å². The Morgan fingerprint density at radius 1 is 1.50 bits per heavy atom. The van der Waals surface area contributed by atoms with Crippen molar-refractivity contribution in [2.75, 3.05) is 20.2 Å². The Bertz CT molecular complexity index is 429. The maximum absolute atomic E-state index is 12.0. The highest BCUT2D eigenvalue weighted by Gasteiger charge is 2.19. The molecular formula is C12H18N2O3S. The van der Waals surface area contributed by atoms with Crippen LogP contribution in [0.2, 0.25) is 0 Å². The van der Waals surface area contributed by atoms with Crippen LogP contribution in [0.4, 0.5) is 0 Å². The van der Waals surface area contributed by atoms with E-state index < -0.39 is 5.97 Å². The molecule has 0 aliphatic heterocycles. The van der Waals surface area contributed by atoms with Crippen molar-refractivity contribution in [1.82, 2.24) is 9.88 Å². The zero-order valence-corrected chi connectivity index (χ0v) is 11.9. The van der Waals surface area contributed by atoms with E-state index in [-0.39, 0.29) is 10.9 Å². The standard InChI is InChI=1S/C12H18N2O3S/c1-5-17-12(16)10-13-9(7-18-10)11(15)14(4)6-8(2)3/h7-8H,5-6H2,1-4H3. The Hall–Kier alpha value is -1.43. The Morgan fingerprint density at radius 3 is 2.72 bits per heavy atom. The van der Waals surface area contributed by atoms with Gasteiger partial charge in [0.05, 0.1) is 6.61 Å². The first-order chi connectivity index (χ1) is 8.45. The average molecular weight is 270 g/mol. The van der Waals surface area contributed by atoms with Gasteiger partial charge in [-0.3, -0.25) is 4.79 Å². The van der Waals surface area contributed by atoms with Gasteiger partial charge in [-0.2, -0.15) is 0 Å². The molecule has 0 atom stereocenters. The number of amides is 1. The third kappa shape index (κ3) is 3.80. The zero-order chi connectivity index (χ0) is 13.7. The Balaban J connectivity index is 2.73. The summed E-state index contributed by atoms with van der Waals surface area (Å²) in [6, 6.07) is 0. The topological polar surface area (TPSA) is 59.5 Å². The third-order valence-electron chi connectivity index (χ3n) is 2.16. The number of thiazole rings is 1. The smallest absolute Gasteiger partial charge is 0.367 e.